The Hall–Kier alpha value is -0.830. The molecular weight excluding hydrogens is 202 g/mol. The van der Waals surface area contributed by atoms with Gasteiger partial charge in [-0.2, -0.15) is 0 Å². The normalized spacial score (nSPS) is 19.6. The van der Waals surface area contributed by atoms with Crippen molar-refractivity contribution in [1.29, 1.82) is 0 Å². The second-order valence-corrected chi connectivity index (χ2v) is 4.76. The molecule has 92 valence electrons. The summed E-state index contributed by atoms with van der Waals surface area (Å²) in [6.45, 7) is 7.03. The summed E-state index contributed by atoms with van der Waals surface area (Å²) in [5.74, 6) is -0.0619. The minimum Gasteiger partial charge on any atom is -0.480 e. The van der Waals surface area contributed by atoms with Gasteiger partial charge < -0.3 is 5.11 Å². The summed E-state index contributed by atoms with van der Waals surface area (Å²) in [5, 5.41) is 9.03. The fraction of sp³-hybridized carbons (Fsp3) is 0.769. The van der Waals surface area contributed by atoms with E-state index in [9.17, 15) is 4.79 Å². The van der Waals surface area contributed by atoms with Gasteiger partial charge in [0.2, 0.25) is 0 Å². The third-order valence-electron chi connectivity index (χ3n) is 3.49. The van der Waals surface area contributed by atoms with Crippen LogP contribution in [-0.4, -0.2) is 35.1 Å². The van der Waals surface area contributed by atoms with Crippen LogP contribution in [0.1, 0.15) is 39.0 Å². The molecule has 1 aliphatic rings. The number of rotatable bonds is 6. The highest BCUT2D eigenvalue weighted by molar-refractivity contribution is 5.72. The van der Waals surface area contributed by atoms with E-state index in [2.05, 4.69) is 6.58 Å². The number of hydrogen-bond acceptors (Lipinski definition) is 2. The van der Waals surface area contributed by atoms with Crippen LogP contribution in [-0.2, 0) is 4.79 Å². The lowest BCUT2D eigenvalue weighted by Crippen LogP contribution is -2.42. The smallest absolute Gasteiger partial charge is 0.320 e. The molecule has 3 nitrogen and oxygen atoms in total. The maximum absolute atomic E-state index is 11.0. The average Bonchev–Trinajstić information content (AvgIpc) is 2.29. The zero-order chi connectivity index (χ0) is 12.0. The predicted molar refractivity (Wildman–Crippen MR) is 65.4 cm³/mol. The van der Waals surface area contributed by atoms with Gasteiger partial charge in [-0.25, -0.2) is 0 Å². The van der Waals surface area contributed by atoms with Gasteiger partial charge in [-0.3, -0.25) is 9.69 Å². The van der Waals surface area contributed by atoms with Gasteiger partial charge in [0.1, 0.15) is 6.04 Å². The van der Waals surface area contributed by atoms with Crippen molar-refractivity contribution in [2.45, 2.75) is 45.1 Å². The first-order chi connectivity index (χ1) is 7.65. The predicted octanol–water partition coefficient (Wildman–Crippen LogP) is 2.53. The van der Waals surface area contributed by atoms with Gasteiger partial charge in [-0.05, 0) is 25.7 Å². The quantitative estimate of drug-likeness (QED) is 0.706. The number of carboxylic acids is 1. The van der Waals surface area contributed by atoms with E-state index in [0.29, 0.717) is 12.5 Å². The molecule has 0 amide bonds. The molecule has 1 atom stereocenters. The van der Waals surface area contributed by atoms with Crippen LogP contribution in [0.25, 0.3) is 0 Å². The summed E-state index contributed by atoms with van der Waals surface area (Å²) >= 11 is 0. The van der Waals surface area contributed by atoms with Crippen molar-refractivity contribution in [1.82, 2.24) is 4.90 Å². The Labute approximate surface area is 98.1 Å². The summed E-state index contributed by atoms with van der Waals surface area (Å²) in [7, 11) is 0. The first-order valence-electron chi connectivity index (χ1n) is 6.23. The monoisotopic (exact) mass is 225 g/mol. The highest BCUT2D eigenvalue weighted by Gasteiger charge is 2.23. The molecule has 3 heteroatoms. The first kappa shape index (κ1) is 13.2. The number of nitrogens with zero attached hydrogens (tertiary/aromatic N) is 1. The summed E-state index contributed by atoms with van der Waals surface area (Å²) in [4.78, 5) is 13.0. The molecule has 0 spiro atoms. The molecule has 1 saturated carbocycles. The molecule has 0 radical (unpaired) electrons. The van der Waals surface area contributed by atoms with Crippen molar-refractivity contribution < 1.29 is 9.90 Å². The molecule has 0 aliphatic heterocycles. The Bertz CT molecular complexity index is 234. The maximum Gasteiger partial charge on any atom is 0.320 e. The van der Waals surface area contributed by atoms with Gasteiger partial charge >= 0.3 is 5.97 Å². The molecular formula is C13H23NO2. The van der Waals surface area contributed by atoms with Crippen molar-refractivity contribution in [3.8, 4) is 0 Å². The topological polar surface area (TPSA) is 40.5 Å². The SMILES string of the molecule is C=CCN(CC1CCCCC1)C(C)C(=O)O. The Morgan fingerprint density at radius 1 is 1.50 bits per heavy atom. The molecule has 0 bridgehead atoms. The summed E-state index contributed by atoms with van der Waals surface area (Å²) in [6, 6.07) is -0.403. The van der Waals surface area contributed by atoms with Crippen LogP contribution in [0.2, 0.25) is 0 Å². The lowest BCUT2D eigenvalue weighted by molar-refractivity contribution is -0.142. The Morgan fingerprint density at radius 2 is 2.12 bits per heavy atom. The molecule has 1 aliphatic carbocycles. The molecule has 0 aromatic rings. The van der Waals surface area contributed by atoms with Crippen LogP contribution < -0.4 is 0 Å². The minimum absolute atomic E-state index is 0.403. The second-order valence-electron chi connectivity index (χ2n) is 4.76. The lowest BCUT2D eigenvalue weighted by Gasteiger charge is -2.31. The number of hydrogen-bond donors (Lipinski definition) is 1. The van der Waals surface area contributed by atoms with Gasteiger partial charge in [0.15, 0.2) is 0 Å². The van der Waals surface area contributed by atoms with Crippen molar-refractivity contribution in [2.24, 2.45) is 5.92 Å². The second kappa shape index (κ2) is 6.69. The van der Waals surface area contributed by atoms with Crippen molar-refractivity contribution in [2.75, 3.05) is 13.1 Å². The van der Waals surface area contributed by atoms with E-state index in [1.54, 1.807) is 13.0 Å². The van der Waals surface area contributed by atoms with Gasteiger partial charge in [0, 0.05) is 13.1 Å². The maximum atomic E-state index is 11.0. The Balaban J connectivity index is 2.48. The van der Waals surface area contributed by atoms with Crippen LogP contribution in [0.5, 0.6) is 0 Å². The van der Waals surface area contributed by atoms with Crippen LogP contribution in [0.15, 0.2) is 12.7 Å². The van der Waals surface area contributed by atoms with Crippen molar-refractivity contribution in [3.63, 3.8) is 0 Å². The van der Waals surface area contributed by atoms with E-state index in [4.69, 9.17) is 5.11 Å². The summed E-state index contributed by atoms with van der Waals surface area (Å²) < 4.78 is 0. The summed E-state index contributed by atoms with van der Waals surface area (Å²) in [6.07, 6.45) is 8.23. The Morgan fingerprint density at radius 3 is 2.62 bits per heavy atom. The average molecular weight is 225 g/mol. The molecule has 0 aromatic heterocycles. The van der Waals surface area contributed by atoms with Gasteiger partial charge in [-0.1, -0.05) is 25.3 Å². The third-order valence-corrected chi connectivity index (χ3v) is 3.49. The largest absolute Gasteiger partial charge is 0.480 e. The Kier molecular flexibility index (Phi) is 5.53. The van der Waals surface area contributed by atoms with E-state index in [1.165, 1.54) is 32.1 Å². The van der Waals surface area contributed by atoms with Crippen molar-refractivity contribution in [3.05, 3.63) is 12.7 Å². The number of carboxylic acid groups (broad SMARTS) is 1. The molecule has 0 heterocycles. The van der Waals surface area contributed by atoms with Crippen LogP contribution >= 0.6 is 0 Å². The van der Waals surface area contributed by atoms with Crippen LogP contribution in [0, 0.1) is 5.92 Å². The molecule has 0 aromatic carbocycles. The van der Waals surface area contributed by atoms with E-state index in [-0.39, 0.29) is 0 Å². The third kappa shape index (κ3) is 3.97. The first-order valence-corrected chi connectivity index (χ1v) is 6.23. The molecule has 0 saturated heterocycles. The van der Waals surface area contributed by atoms with Crippen molar-refractivity contribution >= 4 is 5.97 Å². The van der Waals surface area contributed by atoms with Gasteiger partial charge in [0.05, 0.1) is 0 Å². The van der Waals surface area contributed by atoms with E-state index < -0.39 is 12.0 Å². The minimum atomic E-state index is -0.738. The lowest BCUT2D eigenvalue weighted by atomic mass is 9.88. The highest BCUT2D eigenvalue weighted by atomic mass is 16.4. The molecule has 1 N–H and O–H groups in total. The van der Waals surface area contributed by atoms with Gasteiger partial charge in [-0.15, -0.1) is 6.58 Å². The van der Waals surface area contributed by atoms with Crippen LogP contribution in [0.4, 0.5) is 0 Å². The molecule has 1 unspecified atom stereocenters. The molecule has 16 heavy (non-hydrogen) atoms. The zero-order valence-corrected chi connectivity index (χ0v) is 10.2. The number of aliphatic carboxylic acids is 1. The van der Waals surface area contributed by atoms with Crippen LogP contribution in [0.3, 0.4) is 0 Å². The van der Waals surface area contributed by atoms with E-state index >= 15 is 0 Å². The fourth-order valence-electron chi connectivity index (χ4n) is 2.41. The van der Waals surface area contributed by atoms with E-state index in [1.807, 2.05) is 4.90 Å². The van der Waals surface area contributed by atoms with E-state index in [0.717, 1.165) is 6.54 Å². The summed E-state index contributed by atoms with van der Waals surface area (Å²) in [5.41, 5.74) is 0. The molecule has 1 rings (SSSR count). The fourth-order valence-corrected chi connectivity index (χ4v) is 2.41. The standard InChI is InChI=1S/C13H23NO2/c1-3-9-14(11(2)13(15)16)10-12-7-5-4-6-8-12/h3,11-12H,1,4-10H2,2H3,(H,15,16). The highest BCUT2D eigenvalue weighted by Crippen LogP contribution is 2.24. The molecule has 1 fully saturated rings. The zero-order valence-electron chi connectivity index (χ0n) is 10.2. The number of carbonyl (C=O) groups is 1. The van der Waals surface area contributed by atoms with Gasteiger partial charge in [0.25, 0.3) is 0 Å².